The summed E-state index contributed by atoms with van der Waals surface area (Å²) >= 11 is 13.3. The smallest absolute Gasteiger partial charge is 0.407 e. The minimum atomic E-state index is -1.46. The van der Waals surface area contributed by atoms with E-state index in [4.69, 9.17) is 27.9 Å². The topological polar surface area (TPSA) is 194 Å². The number of hydrogen-bond donors (Lipinski definition) is 4. The summed E-state index contributed by atoms with van der Waals surface area (Å²) in [6.45, 7) is 0.343. The molecule has 3 amide bonds. The first-order valence-corrected chi connectivity index (χ1v) is 13.8. The monoisotopic (exact) mass is 637 g/mol. The van der Waals surface area contributed by atoms with Crippen LogP contribution in [0.4, 0.5) is 4.79 Å². The summed E-state index contributed by atoms with van der Waals surface area (Å²) in [4.78, 5) is 62.3. The van der Waals surface area contributed by atoms with Crippen LogP contribution >= 0.6 is 35.0 Å². The molecule has 0 spiro atoms. The lowest BCUT2D eigenvalue weighted by Crippen LogP contribution is -2.52. The van der Waals surface area contributed by atoms with E-state index in [1.54, 1.807) is 42.5 Å². The molecule has 42 heavy (non-hydrogen) atoms. The summed E-state index contributed by atoms with van der Waals surface area (Å²) in [6.07, 6.45) is -1.57. The molecule has 2 unspecified atom stereocenters. The number of hydrogen-bond acceptors (Lipinski definition) is 10. The number of benzene rings is 2. The Kier molecular flexibility index (Phi) is 12.1. The van der Waals surface area contributed by atoms with Crippen molar-refractivity contribution in [2.75, 3.05) is 6.54 Å². The molecule has 2 atom stereocenters. The summed E-state index contributed by atoms with van der Waals surface area (Å²) in [6, 6.07) is 11.2. The summed E-state index contributed by atoms with van der Waals surface area (Å²) in [7, 11) is 0. The van der Waals surface area contributed by atoms with Crippen LogP contribution in [0.15, 0.2) is 58.6 Å². The summed E-state index contributed by atoms with van der Waals surface area (Å²) < 4.78 is 5.01. The molecule has 17 heteroatoms. The van der Waals surface area contributed by atoms with E-state index in [1.807, 2.05) is 6.07 Å². The van der Waals surface area contributed by atoms with Gasteiger partial charge in [0.05, 0.1) is 21.4 Å². The fourth-order valence-electron chi connectivity index (χ4n) is 3.26. The number of aliphatic carboxylic acids is 1. The van der Waals surface area contributed by atoms with Crippen molar-refractivity contribution in [2.45, 2.75) is 48.6 Å². The van der Waals surface area contributed by atoms with E-state index in [1.165, 1.54) is 6.92 Å². The van der Waals surface area contributed by atoms with Gasteiger partial charge < -0.3 is 25.8 Å². The molecule has 0 aliphatic rings. The average Bonchev–Trinajstić information content (AvgIpc) is 3.39. The van der Waals surface area contributed by atoms with Gasteiger partial charge in [0.25, 0.3) is 0 Å². The van der Waals surface area contributed by atoms with Crippen molar-refractivity contribution in [1.29, 1.82) is 0 Å². The zero-order valence-corrected chi connectivity index (χ0v) is 24.3. The van der Waals surface area contributed by atoms with Crippen LogP contribution in [0, 0.1) is 0 Å². The predicted molar refractivity (Wildman–Crippen MR) is 150 cm³/mol. The number of halogens is 2. The summed E-state index contributed by atoms with van der Waals surface area (Å²) in [5.74, 6) is -3.62. The van der Waals surface area contributed by atoms with Gasteiger partial charge in [0, 0.05) is 0 Å². The van der Waals surface area contributed by atoms with Gasteiger partial charge in [-0.1, -0.05) is 59.6 Å². The molecule has 1 aromatic heterocycles. The van der Waals surface area contributed by atoms with Gasteiger partial charge in [-0.2, -0.15) is 4.80 Å². The second-order valence-corrected chi connectivity index (χ2v) is 10.4. The van der Waals surface area contributed by atoms with Crippen LogP contribution in [0.5, 0.6) is 0 Å². The lowest BCUT2D eigenvalue weighted by atomic mass is 10.1. The molecule has 0 saturated carbocycles. The third kappa shape index (κ3) is 10.3. The summed E-state index contributed by atoms with van der Waals surface area (Å²) in [5, 5.41) is 28.7. The van der Waals surface area contributed by atoms with Crippen LogP contribution in [0.25, 0.3) is 0 Å². The molecule has 1 heterocycles. The van der Waals surface area contributed by atoms with Crippen LogP contribution in [0.1, 0.15) is 18.9 Å². The number of nitrogens with zero attached hydrogens (tertiary/aromatic N) is 4. The number of ether oxygens (including phenoxy) is 1. The van der Waals surface area contributed by atoms with E-state index in [2.05, 4.69) is 31.4 Å². The molecule has 14 nitrogen and oxygen atoms in total. The molecular weight excluding hydrogens is 613 g/mol. The van der Waals surface area contributed by atoms with Gasteiger partial charge in [-0.15, -0.1) is 10.2 Å². The van der Waals surface area contributed by atoms with Gasteiger partial charge in [-0.05, 0) is 41.6 Å². The van der Waals surface area contributed by atoms with Crippen LogP contribution in [-0.4, -0.2) is 73.6 Å². The van der Waals surface area contributed by atoms with Gasteiger partial charge in [0.1, 0.15) is 31.8 Å². The molecule has 3 rings (SSSR count). The Morgan fingerprint density at radius 2 is 1.71 bits per heavy atom. The Labute approximate surface area is 253 Å². The maximum Gasteiger partial charge on any atom is 0.407 e. The Morgan fingerprint density at radius 3 is 2.38 bits per heavy atom. The molecule has 0 aliphatic carbocycles. The highest BCUT2D eigenvalue weighted by Gasteiger charge is 2.27. The predicted octanol–water partition coefficient (Wildman–Crippen LogP) is 2.09. The van der Waals surface area contributed by atoms with Crippen molar-refractivity contribution in [3.8, 4) is 0 Å². The normalized spacial score (nSPS) is 12.1. The number of amides is 3. The minimum absolute atomic E-state index is 0.00604. The van der Waals surface area contributed by atoms with E-state index >= 15 is 0 Å². The zero-order chi connectivity index (χ0) is 30.6. The van der Waals surface area contributed by atoms with Crippen molar-refractivity contribution >= 4 is 64.6 Å². The van der Waals surface area contributed by atoms with Gasteiger partial charge in [0.15, 0.2) is 5.78 Å². The second-order valence-electron chi connectivity index (χ2n) is 8.59. The van der Waals surface area contributed by atoms with Crippen LogP contribution < -0.4 is 16.0 Å². The third-order valence-electron chi connectivity index (χ3n) is 5.30. The van der Waals surface area contributed by atoms with Crippen molar-refractivity contribution in [2.24, 2.45) is 0 Å². The van der Waals surface area contributed by atoms with Gasteiger partial charge in [-0.25, -0.2) is 4.79 Å². The van der Waals surface area contributed by atoms with Gasteiger partial charge in [-0.3, -0.25) is 19.2 Å². The quantitative estimate of drug-likeness (QED) is 0.202. The number of carboxylic acids is 1. The number of Topliss-reactive ketones (excluding diaryl/α,β-unsaturated/α-hetero) is 1. The SMILES string of the molecule is CC(NC(=O)CNC(=O)OCc1ccccc1)C(=O)NC(CC(=O)O)C(=O)Cn1nnc(Sc2c(Cl)cccc2Cl)n1. The number of aromatic nitrogens is 4. The molecule has 0 radical (unpaired) electrons. The number of carboxylic acid groups (broad SMARTS) is 1. The Hall–Kier alpha value is -4.21. The van der Waals surface area contributed by atoms with E-state index in [0.717, 1.165) is 22.1 Å². The summed E-state index contributed by atoms with van der Waals surface area (Å²) in [5.41, 5.74) is 0.758. The molecule has 0 saturated heterocycles. The van der Waals surface area contributed by atoms with E-state index in [9.17, 15) is 29.1 Å². The number of carbonyl (C=O) groups excluding carboxylic acids is 4. The maximum atomic E-state index is 12.8. The van der Waals surface area contributed by atoms with Crippen molar-refractivity contribution < 1.29 is 33.8 Å². The Balaban J connectivity index is 1.49. The first kappa shape index (κ1) is 32.3. The number of nitrogens with one attached hydrogen (secondary N) is 3. The van der Waals surface area contributed by atoms with Crippen LogP contribution in [0.2, 0.25) is 10.0 Å². The number of ketones is 1. The highest BCUT2D eigenvalue weighted by molar-refractivity contribution is 7.99. The molecule has 3 aromatic rings. The Morgan fingerprint density at radius 1 is 1.02 bits per heavy atom. The van der Waals surface area contributed by atoms with Crippen molar-refractivity contribution in [1.82, 2.24) is 36.2 Å². The lowest BCUT2D eigenvalue weighted by molar-refractivity contribution is -0.140. The third-order valence-corrected chi connectivity index (χ3v) is 7.15. The molecule has 2 aromatic carbocycles. The molecule has 4 N–H and O–H groups in total. The highest BCUT2D eigenvalue weighted by Crippen LogP contribution is 2.36. The fourth-order valence-corrected chi connectivity index (χ4v) is 4.61. The molecule has 222 valence electrons. The van der Waals surface area contributed by atoms with E-state index in [-0.39, 0.29) is 11.8 Å². The molecule has 0 fully saturated rings. The number of alkyl carbamates (subject to hydrolysis) is 1. The van der Waals surface area contributed by atoms with Crippen molar-refractivity contribution in [3.05, 3.63) is 64.1 Å². The molecular formula is C25H25Cl2N7O7S. The Bertz CT molecular complexity index is 1420. The van der Waals surface area contributed by atoms with Crippen LogP contribution in [0.3, 0.4) is 0 Å². The average molecular weight is 638 g/mol. The lowest BCUT2D eigenvalue weighted by Gasteiger charge is -2.19. The van der Waals surface area contributed by atoms with Gasteiger partial charge in [0.2, 0.25) is 17.0 Å². The standard InChI is InChI=1S/C25H25Cl2N7O7S/c1-14(29-20(36)11-28-25(40)41-13-15-6-3-2-4-7-15)23(39)30-18(10-21(37)38)19(35)12-34-32-24(31-33-34)42-22-16(26)8-5-9-17(22)27/h2-9,14,18H,10-13H2,1H3,(H,28,40)(H,29,36)(H,30,39)(H,37,38). The first-order chi connectivity index (χ1) is 20.0. The zero-order valence-electron chi connectivity index (χ0n) is 22.0. The van der Waals surface area contributed by atoms with Crippen molar-refractivity contribution in [3.63, 3.8) is 0 Å². The maximum absolute atomic E-state index is 12.8. The highest BCUT2D eigenvalue weighted by atomic mass is 35.5. The fraction of sp³-hybridized carbons (Fsp3) is 0.280. The second kappa shape index (κ2) is 15.7. The van der Waals surface area contributed by atoms with E-state index in [0.29, 0.717) is 14.9 Å². The number of carbonyl (C=O) groups is 5. The largest absolute Gasteiger partial charge is 0.481 e. The molecule has 0 bridgehead atoms. The number of rotatable bonds is 14. The number of tetrazole rings is 1. The van der Waals surface area contributed by atoms with E-state index < -0.39 is 61.3 Å². The van der Waals surface area contributed by atoms with Crippen LogP contribution in [-0.2, 0) is 37.1 Å². The molecule has 0 aliphatic heterocycles. The minimum Gasteiger partial charge on any atom is -0.481 e. The first-order valence-electron chi connectivity index (χ1n) is 12.2. The van der Waals surface area contributed by atoms with Gasteiger partial charge >= 0.3 is 12.1 Å².